The lowest BCUT2D eigenvalue weighted by Crippen LogP contribution is -2.91. The number of methoxy groups -OCH3 is 2. The average Bonchev–Trinajstić information content (AvgIpc) is 3.26. The summed E-state index contributed by atoms with van der Waals surface area (Å²) in [5.41, 5.74) is 4.21. The third kappa shape index (κ3) is 2.00. The lowest BCUT2D eigenvalue weighted by molar-refractivity contribution is -0.693. The van der Waals surface area contributed by atoms with Crippen LogP contribution in [0.25, 0.3) is 0 Å². The number of nitrogens with zero attached hydrogens (tertiary/aromatic N) is 2. The molecule has 8 nitrogen and oxygen atoms in total. The third-order valence-corrected chi connectivity index (χ3v) is 5.44. The minimum absolute atomic E-state index is 0.156. The molecule has 1 heterocycles. The summed E-state index contributed by atoms with van der Waals surface area (Å²) in [5.74, 6) is -1.01. The van der Waals surface area contributed by atoms with Crippen molar-refractivity contribution in [3.8, 4) is 23.6 Å². The standard InChI is InChI=1S/C19H22N4O4/c1-5-26-19(27-6-2)18(11-21)15(17(18,10-20)16(22)23-19)12-8-7-9-13(24-3)14(12)25-4/h7-9,15H,5-6H2,1-4H3,(H2,22,23)/p+1/t15-,17-,18-/m1/s1. The zero-order valence-corrected chi connectivity index (χ0v) is 15.8. The van der Waals surface area contributed by atoms with Crippen LogP contribution in [0.5, 0.6) is 11.5 Å². The molecule has 1 aliphatic carbocycles. The maximum absolute atomic E-state index is 10.2. The highest BCUT2D eigenvalue weighted by Gasteiger charge is 2.97. The van der Waals surface area contributed by atoms with E-state index in [0.29, 0.717) is 17.1 Å². The molecular formula is C19H23N4O4+. The van der Waals surface area contributed by atoms with Gasteiger partial charge in [0.1, 0.15) is 0 Å². The average molecular weight is 371 g/mol. The zero-order chi connectivity index (χ0) is 19.9. The summed E-state index contributed by atoms with van der Waals surface area (Å²) >= 11 is 0. The Morgan fingerprint density at radius 3 is 2.26 bits per heavy atom. The number of para-hydroxylation sites is 1. The Morgan fingerprint density at radius 2 is 1.78 bits per heavy atom. The molecule has 0 unspecified atom stereocenters. The van der Waals surface area contributed by atoms with Crippen molar-refractivity contribution in [2.45, 2.75) is 25.7 Å². The van der Waals surface area contributed by atoms with Gasteiger partial charge in [-0.25, -0.2) is 4.99 Å². The van der Waals surface area contributed by atoms with Crippen molar-refractivity contribution >= 4 is 5.84 Å². The predicted molar refractivity (Wildman–Crippen MR) is 94.5 cm³/mol. The smallest absolute Gasteiger partial charge is 0.343 e. The number of fused-ring (bicyclic) bond motifs is 1. The van der Waals surface area contributed by atoms with Gasteiger partial charge in [-0.05, 0) is 19.9 Å². The first-order chi connectivity index (χ1) is 13.0. The molecule has 1 aromatic rings. The Balaban J connectivity index is 2.28. The molecular weight excluding hydrogens is 348 g/mol. The molecule has 1 fully saturated rings. The number of nitrogens with one attached hydrogen (secondary N) is 1. The van der Waals surface area contributed by atoms with Crippen LogP contribution in [0, 0.1) is 33.5 Å². The first-order valence-corrected chi connectivity index (χ1v) is 8.72. The van der Waals surface area contributed by atoms with E-state index >= 15 is 0 Å². The zero-order valence-electron chi connectivity index (χ0n) is 15.8. The Morgan fingerprint density at radius 1 is 1.11 bits per heavy atom. The molecule has 27 heavy (non-hydrogen) atoms. The molecule has 3 N–H and O–H groups in total. The minimum atomic E-state index is -1.52. The van der Waals surface area contributed by atoms with Crippen molar-refractivity contribution < 1.29 is 23.9 Å². The lowest BCUT2D eigenvalue weighted by atomic mass is 9.93. The van der Waals surface area contributed by atoms with Gasteiger partial charge in [0.25, 0.3) is 5.84 Å². The van der Waals surface area contributed by atoms with E-state index in [1.807, 2.05) is 0 Å². The summed E-state index contributed by atoms with van der Waals surface area (Å²) in [5, 5.41) is 20.3. The quantitative estimate of drug-likeness (QED) is 0.646. The van der Waals surface area contributed by atoms with E-state index in [9.17, 15) is 10.5 Å². The van der Waals surface area contributed by atoms with E-state index in [0.717, 1.165) is 0 Å². The van der Waals surface area contributed by atoms with Gasteiger partial charge in [-0.1, -0.05) is 12.1 Å². The molecule has 142 valence electrons. The molecule has 3 atom stereocenters. The van der Waals surface area contributed by atoms with Crippen LogP contribution in [0.3, 0.4) is 0 Å². The Bertz CT molecular complexity index is 865. The molecule has 1 aliphatic heterocycles. The lowest BCUT2D eigenvalue weighted by Gasteiger charge is -2.29. The van der Waals surface area contributed by atoms with Crippen molar-refractivity contribution in [1.82, 2.24) is 0 Å². The molecule has 0 amide bonds. The van der Waals surface area contributed by atoms with Crippen LogP contribution in [-0.4, -0.2) is 39.2 Å². The Hall–Kier alpha value is -2.81. The molecule has 0 radical (unpaired) electrons. The van der Waals surface area contributed by atoms with Crippen molar-refractivity contribution in [2.75, 3.05) is 27.4 Å². The number of amidine groups is 1. The summed E-state index contributed by atoms with van der Waals surface area (Å²) in [4.78, 5) is 2.95. The van der Waals surface area contributed by atoms with E-state index < -0.39 is 22.7 Å². The minimum Gasteiger partial charge on any atom is -0.493 e. The van der Waals surface area contributed by atoms with Crippen LogP contribution < -0.4 is 20.2 Å². The van der Waals surface area contributed by atoms with Crippen LogP contribution in [0.4, 0.5) is 0 Å². The van der Waals surface area contributed by atoms with Gasteiger partial charge in [-0.2, -0.15) is 10.5 Å². The molecule has 3 rings (SSSR count). The highest BCUT2D eigenvalue weighted by atomic mass is 16.7. The number of rotatable bonds is 7. The van der Waals surface area contributed by atoms with E-state index in [2.05, 4.69) is 17.1 Å². The third-order valence-electron chi connectivity index (χ3n) is 5.44. The highest BCUT2D eigenvalue weighted by molar-refractivity contribution is 5.95. The maximum Gasteiger partial charge on any atom is 0.343 e. The Kier molecular flexibility index (Phi) is 4.51. The summed E-state index contributed by atoms with van der Waals surface area (Å²) < 4.78 is 22.7. The van der Waals surface area contributed by atoms with E-state index in [1.165, 1.54) is 14.2 Å². The van der Waals surface area contributed by atoms with Crippen LogP contribution in [0.1, 0.15) is 25.3 Å². The first kappa shape index (κ1) is 19.0. The van der Waals surface area contributed by atoms with Crippen LogP contribution in [0.2, 0.25) is 0 Å². The molecule has 1 saturated carbocycles. The summed E-state index contributed by atoms with van der Waals surface area (Å²) in [6, 6.07) is 9.91. The van der Waals surface area contributed by atoms with Crippen LogP contribution in [0.15, 0.2) is 18.2 Å². The van der Waals surface area contributed by atoms with E-state index in [1.54, 1.807) is 32.0 Å². The van der Waals surface area contributed by atoms with Gasteiger partial charge in [-0.3, -0.25) is 5.73 Å². The summed E-state index contributed by atoms with van der Waals surface area (Å²) in [6.07, 6.45) is 0. The van der Waals surface area contributed by atoms with Gasteiger partial charge in [0.15, 0.2) is 22.3 Å². The molecule has 0 saturated heterocycles. The number of benzene rings is 1. The van der Waals surface area contributed by atoms with Gasteiger partial charge in [0, 0.05) is 5.56 Å². The second-order valence-corrected chi connectivity index (χ2v) is 6.38. The first-order valence-electron chi connectivity index (χ1n) is 8.72. The maximum atomic E-state index is 10.2. The largest absolute Gasteiger partial charge is 0.493 e. The normalized spacial score (nSPS) is 29.9. The molecule has 0 bridgehead atoms. The fraction of sp³-hybridized carbons (Fsp3) is 0.526. The molecule has 1 aromatic carbocycles. The topological polar surface area (TPSA) is 124 Å². The van der Waals surface area contributed by atoms with Crippen molar-refractivity contribution in [3.05, 3.63) is 23.8 Å². The number of nitrogens with two attached hydrogens (primary N) is 1. The molecule has 8 heteroatoms. The van der Waals surface area contributed by atoms with E-state index in [-0.39, 0.29) is 19.0 Å². The number of hydrogen-bond acceptors (Lipinski definition) is 7. The molecule has 2 aliphatic rings. The van der Waals surface area contributed by atoms with Gasteiger partial charge in [0.2, 0.25) is 0 Å². The fourth-order valence-corrected chi connectivity index (χ4v) is 4.46. The van der Waals surface area contributed by atoms with Crippen LogP contribution >= 0.6 is 0 Å². The second kappa shape index (κ2) is 6.41. The van der Waals surface area contributed by atoms with Crippen LogP contribution in [-0.2, 0) is 9.47 Å². The van der Waals surface area contributed by atoms with Gasteiger partial charge < -0.3 is 18.9 Å². The molecule has 0 spiro atoms. The number of nitriles is 2. The van der Waals surface area contributed by atoms with Gasteiger partial charge >= 0.3 is 5.91 Å². The van der Waals surface area contributed by atoms with E-state index in [4.69, 9.17) is 24.7 Å². The summed E-state index contributed by atoms with van der Waals surface area (Å²) in [7, 11) is 3.05. The monoisotopic (exact) mass is 371 g/mol. The highest BCUT2D eigenvalue weighted by Crippen LogP contribution is 2.79. The van der Waals surface area contributed by atoms with Crippen molar-refractivity contribution in [3.63, 3.8) is 0 Å². The van der Waals surface area contributed by atoms with Crippen molar-refractivity contribution in [2.24, 2.45) is 16.6 Å². The second-order valence-electron chi connectivity index (χ2n) is 6.38. The number of hydrogen-bond donors (Lipinski definition) is 2. The number of ether oxygens (including phenoxy) is 4. The molecule has 0 aromatic heterocycles. The van der Waals surface area contributed by atoms with Gasteiger partial charge in [0.05, 0.1) is 45.5 Å². The van der Waals surface area contributed by atoms with Gasteiger partial charge in [-0.15, -0.1) is 0 Å². The fourth-order valence-electron chi connectivity index (χ4n) is 4.46. The SMILES string of the molecule is CCOC1(OCC)[NH+]=C(N)[C@@]2(C#N)[C@@H](c3cccc(OC)c3OC)[C@@]12C#N. The Labute approximate surface area is 158 Å². The van der Waals surface area contributed by atoms with Crippen molar-refractivity contribution in [1.29, 1.82) is 10.5 Å². The predicted octanol–water partition coefficient (Wildman–Crippen LogP) is -0.000840. The summed E-state index contributed by atoms with van der Waals surface area (Å²) in [6.45, 7) is 4.12.